The zero-order valence-electron chi connectivity index (χ0n) is 12.9. The normalized spacial score (nSPS) is 11.1. The lowest BCUT2D eigenvalue weighted by atomic mass is 10.2. The first-order valence-electron chi connectivity index (χ1n) is 7.46. The van der Waals surface area contributed by atoms with Gasteiger partial charge in [-0.1, -0.05) is 29.3 Å². The maximum atomic E-state index is 8.04. The zero-order valence-corrected chi connectivity index (χ0v) is 14.4. The van der Waals surface area contributed by atoms with Crippen LogP contribution in [0.2, 0.25) is 10.0 Å². The van der Waals surface area contributed by atoms with Gasteiger partial charge in [-0.25, -0.2) is 9.97 Å². The quantitative estimate of drug-likeness (QED) is 0.577. The first kappa shape index (κ1) is 15.8. The van der Waals surface area contributed by atoms with Crippen LogP contribution in [0, 0.1) is 5.41 Å². The summed E-state index contributed by atoms with van der Waals surface area (Å²) in [6.07, 6.45) is 4.98. The molecule has 0 unspecified atom stereocenters. The predicted molar refractivity (Wildman–Crippen MR) is 96.5 cm³/mol. The van der Waals surface area contributed by atoms with Gasteiger partial charge in [-0.3, -0.25) is 10.4 Å². The van der Waals surface area contributed by atoms with Crippen LogP contribution in [0.15, 0.2) is 49.1 Å². The molecule has 0 saturated carbocycles. The summed E-state index contributed by atoms with van der Waals surface area (Å²) in [5.41, 5.74) is 2.89. The average Bonchev–Trinajstić information content (AvgIpc) is 3.07. The molecule has 0 amide bonds. The Labute approximate surface area is 152 Å². The van der Waals surface area contributed by atoms with E-state index >= 15 is 0 Å². The summed E-state index contributed by atoms with van der Waals surface area (Å²) >= 11 is 12.5. The Balaban J connectivity index is 1.87. The smallest absolute Gasteiger partial charge is 0.173 e. The van der Waals surface area contributed by atoms with Gasteiger partial charge in [-0.2, -0.15) is 0 Å². The molecular formula is C17H12Cl2N6. The number of fused-ring (bicyclic) bond motifs is 1. The van der Waals surface area contributed by atoms with Gasteiger partial charge in [0.05, 0.1) is 12.9 Å². The third kappa shape index (κ3) is 2.90. The molecule has 4 rings (SSSR count). The van der Waals surface area contributed by atoms with Gasteiger partial charge in [0.25, 0.3) is 0 Å². The molecule has 0 fully saturated rings. The number of pyridine rings is 1. The summed E-state index contributed by atoms with van der Waals surface area (Å²) in [5.74, 6) is 0.628. The van der Waals surface area contributed by atoms with E-state index in [1.54, 1.807) is 36.9 Å². The fourth-order valence-corrected chi connectivity index (χ4v) is 3.11. The Morgan fingerprint density at radius 1 is 1.12 bits per heavy atom. The summed E-state index contributed by atoms with van der Waals surface area (Å²) < 4.78 is 1.82. The van der Waals surface area contributed by atoms with E-state index in [1.807, 2.05) is 16.7 Å². The number of H-pyrrole nitrogens is 1. The number of aromatic amines is 1. The summed E-state index contributed by atoms with van der Waals surface area (Å²) in [6.45, 7) is 0.402. The molecule has 0 radical (unpaired) electrons. The second kappa shape index (κ2) is 6.31. The highest BCUT2D eigenvalue weighted by molar-refractivity contribution is 6.36. The van der Waals surface area contributed by atoms with Crippen LogP contribution in [0.4, 0.5) is 0 Å². The second-order valence-electron chi connectivity index (χ2n) is 5.45. The van der Waals surface area contributed by atoms with Crippen molar-refractivity contribution in [3.63, 3.8) is 0 Å². The number of halogens is 2. The Morgan fingerprint density at radius 3 is 2.64 bits per heavy atom. The number of nitrogens with zero attached hydrogens (tertiary/aromatic N) is 4. The fourth-order valence-electron chi connectivity index (χ4n) is 2.59. The highest BCUT2D eigenvalue weighted by Crippen LogP contribution is 2.26. The molecular weight excluding hydrogens is 359 g/mol. The molecule has 124 valence electrons. The van der Waals surface area contributed by atoms with Crippen LogP contribution in [0.5, 0.6) is 0 Å². The lowest BCUT2D eigenvalue weighted by molar-refractivity contribution is 0.784. The average molecular weight is 371 g/mol. The van der Waals surface area contributed by atoms with E-state index in [-0.39, 0.29) is 5.49 Å². The largest absolute Gasteiger partial charge is 0.333 e. The van der Waals surface area contributed by atoms with Crippen LogP contribution >= 0.6 is 23.2 Å². The minimum absolute atomic E-state index is 0.124. The van der Waals surface area contributed by atoms with Crippen LogP contribution in [0.1, 0.15) is 5.56 Å². The van der Waals surface area contributed by atoms with E-state index in [4.69, 9.17) is 28.6 Å². The van der Waals surface area contributed by atoms with E-state index in [1.165, 1.54) is 0 Å². The van der Waals surface area contributed by atoms with Crippen LogP contribution in [-0.2, 0) is 6.54 Å². The molecule has 1 aromatic carbocycles. The van der Waals surface area contributed by atoms with Crippen molar-refractivity contribution in [2.45, 2.75) is 6.54 Å². The van der Waals surface area contributed by atoms with Crippen LogP contribution in [0.25, 0.3) is 22.6 Å². The maximum absolute atomic E-state index is 8.04. The molecule has 0 bridgehead atoms. The van der Waals surface area contributed by atoms with Crippen molar-refractivity contribution >= 4 is 34.4 Å². The van der Waals surface area contributed by atoms with E-state index in [0.29, 0.717) is 33.6 Å². The number of hydrogen-bond acceptors (Lipinski definition) is 4. The Hall–Kier alpha value is -2.70. The van der Waals surface area contributed by atoms with E-state index in [2.05, 4.69) is 19.9 Å². The van der Waals surface area contributed by atoms with Crippen molar-refractivity contribution in [1.29, 1.82) is 5.41 Å². The van der Waals surface area contributed by atoms with Gasteiger partial charge in [-0.05, 0) is 24.3 Å². The van der Waals surface area contributed by atoms with Crippen molar-refractivity contribution in [1.82, 2.24) is 24.5 Å². The molecule has 0 saturated heterocycles. The number of aromatic nitrogens is 5. The minimum Gasteiger partial charge on any atom is -0.333 e. The SMILES string of the molecule is N=c1ncn(Cc2c(Cl)cccc2Cl)c2nc(-c3cccnc3)[nH]c12. The molecule has 3 heterocycles. The zero-order chi connectivity index (χ0) is 17.4. The summed E-state index contributed by atoms with van der Waals surface area (Å²) in [6, 6.07) is 9.11. The van der Waals surface area contributed by atoms with E-state index in [0.717, 1.165) is 11.1 Å². The van der Waals surface area contributed by atoms with Crippen LogP contribution in [0.3, 0.4) is 0 Å². The Kier molecular flexibility index (Phi) is 3.99. The van der Waals surface area contributed by atoms with Gasteiger partial charge in [0, 0.05) is 33.6 Å². The number of hydrogen-bond donors (Lipinski definition) is 2. The lowest BCUT2D eigenvalue weighted by Gasteiger charge is -2.10. The molecule has 3 aromatic heterocycles. The lowest BCUT2D eigenvalue weighted by Crippen LogP contribution is -2.13. The molecule has 0 spiro atoms. The number of imidazole rings is 1. The molecule has 8 heteroatoms. The third-order valence-electron chi connectivity index (χ3n) is 3.84. The summed E-state index contributed by atoms with van der Waals surface area (Å²) in [4.78, 5) is 16.0. The molecule has 2 N–H and O–H groups in total. The van der Waals surface area contributed by atoms with Gasteiger partial charge in [0.2, 0.25) is 0 Å². The molecule has 4 aromatic rings. The second-order valence-corrected chi connectivity index (χ2v) is 6.26. The Bertz CT molecular complexity index is 1100. The molecule has 0 aliphatic heterocycles. The number of nitrogens with one attached hydrogen (secondary N) is 2. The first-order valence-corrected chi connectivity index (χ1v) is 8.22. The van der Waals surface area contributed by atoms with Gasteiger partial charge >= 0.3 is 0 Å². The third-order valence-corrected chi connectivity index (χ3v) is 4.55. The highest BCUT2D eigenvalue weighted by Gasteiger charge is 2.13. The molecule has 25 heavy (non-hydrogen) atoms. The molecule has 6 nitrogen and oxygen atoms in total. The first-order chi connectivity index (χ1) is 12.1. The predicted octanol–water partition coefficient (Wildman–Crippen LogP) is 3.66. The van der Waals surface area contributed by atoms with Crippen molar-refractivity contribution in [2.75, 3.05) is 0 Å². The number of benzene rings is 1. The van der Waals surface area contributed by atoms with Crippen molar-refractivity contribution in [3.8, 4) is 11.4 Å². The van der Waals surface area contributed by atoms with Crippen LogP contribution < -0.4 is 5.49 Å². The standard InChI is InChI=1S/C17H12Cl2N6/c18-12-4-1-5-13(19)11(12)8-25-9-22-15(20)14-17(25)24-16(23-14)10-3-2-6-21-7-10/h1-7,9,20H,8H2,(H,23,24). The van der Waals surface area contributed by atoms with Gasteiger partial charge in [0.1, 0.15) is 11.3 Å². The topological polar surface area (TPSA) is 83.2 Å². The van der Waals surface area contributed by atoms with Gasteiger partial charge in [-0.15, -0.1) is 0 Å². The fraction of sp³-hybridized carbons (Fsp3) is 0.0588. The van der Waals surface area contributed by atoms with Crippen LogP contribution in [-0.4, -0.2) is 24.5 Å². The van der Waals surface area contributed by atoms with Crippen molar-refractivity contribution in [3.05, 3.63) is 70.1 Å². The van der Waals surface area contributed by atoms with Gasteiger partial charge < -0.3 is 9.55 Å². The summed E-state index contributed by atoms with van der Waals surface area (Å²) in [5, 5.41) is 9.19. The molecule has 0 atom stereocenters. The van der Waals surface area contributed by atoms with Gasteiger partial charge in [0.15, 0.2) is 11.1 Å². The maximum Gasteiger partial charge on any atom is 0.173 e. The minimum atomic E-state index is 0.124. The van der Waals surface area contributed by atoms with E-state index < -0.39 is 0 Å². The molecule has 0 aliphatic rings. The van der Waals surface area contributed by atoms with Crippen molar-refractivity contribution < 1.29 is 0 Å². The van der Waals surface area contributed by atoms with Crippen molar-refractivity contribution in [2.24, 2.45) is 0 Å². The number of rotatable bonds is 3. The Morgan fingerprint density at radius 2 is 1.92 bits per heavy atom. The molecule has 0 aliphatic carbocycles. The summed E-state index contributed by atoms with van der Waals surface area (Å²) in [7, 11) is 0. The highest BCUT2D eigenvalue weighted by atomic mass is 35.5. The monoisotopic (exact) mass is 370 g/mol. The van der Waals surface area contributed by atoms with E-state index in [9.17, 15) is 0 Å².